The van der Waals surface area contributed by atoms with E-state index < -0.39 is 35.9 Å². The van der Waals surface area contributed by atoms with E-state index >= 15 is 0 Å². The van der Waals surface area contributed by atoms with Crippen LogP contribution in [0.3, 0.4) is 0 Å². The summed E-state index contributed by atoms with van der Waals surface area (Å²) in [6.45, 7) is 7.75. The first kappa shape index (κ1) is 27.5. The molecule has 2 atom stereocenters. The zero-order chi connectivity index (χ0) is 27.4. The number of ether oxygens (including phenoxy) is 1. The summed E-state index contributed by atoms with van der Waals surface area (Å²) in [5.74, 6) is 0.0867. The number of amides is 2. The molecule has 11 nitrogen and oxygen atoms in total. The number of aliphatic hydroxyl groups is 1. The number of rotatable bonds is 8. The number of alkyl carbamates (subject to hydrolysis) is 1. The van der Waals surface area contributed by atoms with Crippen LogP contribution in [-0.2, 0) is 22.7 Å². The van der Waals surface area contributed by atoms with Crippen molar-refractivity contribution < 1.29 is 19.4 Å². The summed E-state index contributed by atoms with van der Waals surface area (Å²) in [6.07, 6.45) is 0.911. The van der Waals surface area contributed by atoms with E-state index in [0.29, 0.717) is 29.5 Å². The van der Waals surface area contributed by atoms with E-state index in [1.165, 1.54) is 15.9 Å². The molecule has 3 aromatic rings. The molecule has 0 spiro atoms. The van der Waals surface area contributed by atoms with Crippen molar-refractivity contribution in [3.63, 3.8) is 0 Å². The first-order valence-electron chi connectivity index (χ1n) is 12.7. The second kappa shape index (κ2) is 11.5. The van der Waals surface area contributed by atoms with Crippen molar-refractivity contribution in [3.05, 3.63) is 52.1 Å². The Labute approximate surface area is 224 Å². The van der Waals surface area contributed by atoms with E-state index in [0.717, 1.165) is 12.0 Å². The lowest BCUT2D eigenvalue weighted by Crippen LogP contribution is -2.43. The van der Waals surface area contributed by atoms with Gasteiger partial charge in [-0.15, -0.1) is 0 Å². The van der Waals surface area contributed by atoms with E-state index in [4.69, 9.17) is 4.74 Å². The van der Waals surface area contributed by atoms with Crippen LogP contribution in [0.5, 0.6) is 0 Å². The van der Waals surface area contributed by atoms with E-state index in [9.17, 15) is 19.5 Å². The molecule has 2 unspecified atom stereocenters. The quantitative estimate of drug-likeness (QED) is 0.395. The van der Waals surface area contributed by atoms with E-state index in [2.05, 4.69) is 20.6 Å². The Morgan fingerprint density at radius 3 is 2.63 bits per heavy atom. The van der Waals surface area contributed by atoms with Gasteiger partial charge in [-0.3, -0.25) is 14.2 Å². The van der Waals surface area contributed by atoms with Crippen molar-refractivity contribution in [2.75, 3.05) is 18.0 Å². The molecule has 204 valence electrons. The second-order valence-electron chi connectivity index (χ2n) is 10.3. The number of aliphatic hydroxyl groups excluding tert-OH is 1. The van der Waals surface area contributed by atoms with Crippen LogP contribution in [0.25, 0.3) is 10.3 Å². The van der Waals surface area contributed by atoms with Gasteiger partial charge in [-0.05, 0) is 46.1 Å². The van der Waals surface area contributed by atoms with Crippen LogP contribution in [0.2, 0.25) is 0 Å². The molecule has 38 heavy (non-hydrogen) atoms. The van der Waals surface area contributed by atoms with Crippen LogP contribution in [0, 0.1) is 0 Å². The summed E-state index contributed by atoms with van der Waals surface area (Å²) in [6, 6.07) is 8.80. The number of fused-ring (bicyclic) bond motifs is 1. The maximum absolute atomic E-state index is 13.4. The Morgan fingerprint density at radius 2 is 1.95 bits per heavy atom. The Morgan fingerprint density at radius 1 is 1.21 bits per heavy atom. The summed E-state index contributed by atoms with van der Waals surface area (Å²) < 4.78 is 6.61. The van der Waals surface area contributed by atoms with E-state index in [1.54, 1.807) is 27.7 Å². The highest BCUT2D eigenvalue weighted by molar-refractivity contribution is 7.21. The average Bonchev–Trinajstić information content (AvgIpc) is 3.53. The molecule has 1 aliphatic heterocycles. The fourth-order valence-electron chi connectivity index (χ4n) is 4.42. The lowest BCUT2D eigenvalue weighted by molar-refractivity contribution is -0.122. The van der Waals surface area contributed by atoms with Gasteiger partial charge >= 0.3 is 6.09 Å². The highest BCUT2D eigenvalue weighted by atomic mass is 32.1. The van der Waals surface area contributed by atoms with Gasteiger partial charge in [0.15, 0.2) is 15.5 Å². The SMILES string of the molecule is CC(CNC(=O)OC(C)(C)C)n1c(CO)nc2sc(N3CCCC3C(=O)NCc3ccccc3)nc2c1=O. The third-order valence-corrected chi connectivity index (χ3v) is 7.15. The number of nitrogens with zero attached hydrogens (tertiary/aromatic N) is 4. The minimum absolute atomic E-state index is 0.0890. The summed E-state index contributed by atoms with van der Waals surface area (Å²) in [5.41, 5.74) is 0.122. The third-order valence-electron chi connectivity index (χ3n) is 6.16. The van der Waals surface area contributed by atoms with Crippen LogP contribution in [0.4, 0.5) is 9.93 Å². The van der Waals surface area contributed by atoms with Crippen LogP contribution < -0.4 is 21.1 Å². The number of nitrogens with one attached hydrogen (secondary N) is 2. The number of hydrogen-bond donors (Lipinski definition) is 3. The van der Waals surface area contributed by atoms with Gasteiger partial charge in [0.2, 0.25) is 5.91 Å². The van der Waals surface area contributed by atoms with Crippen LogP contribution >= 0.6 is 11.3 Å². The maximum Gasteiger partial charge on any atom is 0.407 e. The van der Waals surface area contributed by atoms with Crippen molar-refractivity contribution in [1.29, 1.82) is 0 Å². The molecule has 0 radical (unpaired) electrons. The molecular weight excluding hydrogens is 508 g/mol. The van der Waals surface area contributed by atoms with Crippen molar-refractivity contribution in [2.24, 2.45) is 0 Å². The lowest BCUT2D eigenvalue weighted by atomic mass is 10.2. The monoisotopic (exact) mass is 542 g/mol. The van der Waals surface area contributed by atoms with Crippen LogP contribution in [-0.4, -0.2) is 56.4 Å². The molecule has 3 N–H and O–H groups in total. The molecule has 3 heterocycles. The molecular formula is C26H34N6O5S. The van der Waals surface area contributed by atoms with Gasteiger partial charge < -0.3 is 25.4 Å². The first-order valence-corrected chi connectivity index (χ1v) is 13.5. The van der Waals surface area contributed by atoms with Crippen LogP contribution in [0.1, 0.15) is 58.0 Å². The zero-order valence-corrected chi connectivity index (χ0v) is 22.9. The Bertz CT molecular complexity index is 1350. The van der Waals surface area contributed by atoms with Crippen molar-refractivity contribution in [1.82, 2.24) is 25.2 Å². The van der Waals surface area contributed by atoms with Gasteiger partial charge in [0.25, 0.3) is 5.56 Å². The minimum Gasteiger partial charge on any atom is -0.444 e. The number of aromatic nitrogens is 3. The summed E-state index contributed by atoms with van der Waals surface area (Å²) in [4.78, 5) is 49.9. The number of carbonyl (C=O) groups is 2. The predicted octanol–water partition coefficient (Wildman–Crippen LogP) is 2.72. The van der Waals surface area contributed by atoms with Gasteiger partial charge in [0, 0.05) is 19.6 Å². The van der Waals surface area contributed by atoms with Gasteiger partial charge in [-0.25, -0.2) is 14.8 Å². The maximum atomic E-state index is 13.4. The molecule has 0 saturated carbocycles. The highest BCUT2D eigenvalue weighted by Gasteiger charge is 2.33. The Hall–Kier alpha value is -3.51. The molecule has 1 aromatic carbocycles. The number of anilines is 1. The van der Waals surface area contributed by atoms with Crippen molar-refractivity contribution >= 4 is 38.8 Å². The molecule has 0 aliphatic carbocycles. The van der Waals surface area contributed by atoms with Gasteiger partial charge in [-0.1, -0.05) is 41.7 Å². The molecule has 12 heteroatoms. The zero-order valence-electron chi connectivity index (χ0n) is 22.1. The Kier molecular flexibility index (Phi) is 8.32. The first-order chi connectivity index (χ1) is 18.1. The average molecular weight is 543 g/mol. The summed E-state index contributed by atoms with van der Waals surface area (Å²) in [7, 11) is 0. The van der Waals surface area contributed by atoms with Gasteiger partial charge in [-0.2, -0.15) is 0 Å². The molecule has 1 saturated heterocycles. The molecule has 1 aliphatic rings. The number of carbonyl (C=O) groups excluding carboxylic acids is 2. The fourth-order valence-corrected chi connectivity index (χ4v) is 5.44. The smallest absolute Gasteiger partial charge is 0.407 e. The normalized spacial score (nSPS) is 16.4. The number of thiazole rings is 1. The minimum atomic E-state index is -0.649. The van der Waals surface area contributed by atoms with Crippen LogP contribution in [0.15, 0.2) is 35.1 Å². The summed E-state index contributed by atoms with van der Waals surface area (Å²) >= 11 is 1.23. The molecule has 1 fully saturated rings. The molecule has 2 aromatic heterocycles. The Balaban J connectivity index is 1.53. The molecule has 2 amide bonds. The van der Waals surface area contributed by atoms with Crippen molar-refractivity contribution in [2.45, 2.75) is 71.4 Å². The number of hydrogen-bond acceptors (Lipinski definition) is 9. The van der Waals surface area contributed by atoms with Crippen molar-refractivity contribution in [3.8, 4) is 0 Å². The largest absolute Gasteiger partial charge is 0.444 e. The fraction of sp³-hybridized carbons (Fsp3) is 0.500. The molecule has 0 bridgehead atoms. The van der Waals surface area contributed by atoms with Gasteiger partial charge in [0.05, 0.1) is 6.04 Å². The predicted molar refractivity (Wildman–Crippen MR) is 145 cm³/mol. The molecule has 4 rings (SSSR count). The van der Waals surface area contributed by atoms with E-state index in [-0.39, 0.29) is 23.8 Å². The summed E-state index contributed by atoms with van der Waals surface area (Å²) in [5, 5.41) is 16.2. The third kappa shape index (κ3) is 6.30. The number of benzene rings is 1. The van der Waals surface area contributed by atoms with Gasteiger partial charge in [0.1, 0.15) is 24.1 Å². The highest BCUT2D eigenvalue weighted by Crippen LogP contribution is 2.32. The lowest BCUT2D eigenvalue weighted by Gasteiger charge is -2.23. The van der Waals surface area contributed by atoms with E-state index in [1.807, 2.05) is 35.2 Å². The standard InChI is InChI=1S/C26H34N6O5S/c1-16(13-28-25(36)37-26(2,3)4)32-19(15-33)29-22-20(23(32)35)30-24(38-22)31-12-8-11-18(31)21(34)27-14-17-9-6-5-7-10-17/h5-7,9-10,16,18,33H,8,11-15H2,1-4H3,(H,27,34)(H,28,36). The topological polar surface area (TPSA) is 139 Å². The second-order valence-corrected chi connectivity index (χ2v) is 11.3.